The van der Waals surface area contributed by atoms with Crippen LogP contribution in [-0.2, 0) is 9.59 Å². The van der Waals surface area contributed by atoms with E-state index in [1.165, 1.54) is 16.8 Å². The third-order valence-corrected chi connectivity index (χ3v) is 5.59. The maximum atomic E-state index is 12.9. The van der Waals surface area contributed by atoms with Gasteiger partial charge in [0.15, 0.2) is 11.5 Å². The number of ether oxygens (including phenoxy) is 2. The Kier molecular flexibility index (Phi) is 5.99. The zero-order chi connectivity index (χ0) is 20.3. The van der Waals surface area contributed by atoms with Gasteiger partial charge < -0.3 is 14.4 Å². The van der Waals surface area contributed by atoms with E-state index in [4.69, 9.17) is 9.47 Å². The zero-order valence-electron chi connectivity index (χ0n) is 16.3. The minimum absolute atomic E-state index is 0.0274. The van der Waals surface area contributed by atoms with Crippen LogP contribution in [-0.4, -0.2) is 55.2 Å². The number of carbonyl (C=O) groups excluding carboxylic acids is 2. The smallest absolute Gasteiger partial charge is 0.262 e. The Labute approximate surface area is 168 Å². The van der Waals surface area contributed by atoms with Crippen LogP contribution in [0.15, 0.2) is 40.8 Å². The molecule has 0 saturated carbocycles. The topological polar surface area (TPSA) is 71.4 Å². The summed E-state index contributed by atoms with van der Waals surface area (Å²) in [7, 11) is 4.76. The second-order valence-corrected chi connectivity index (χ2v) is 7.42. The Bertz CT molecular complexity index is 895. The van der Waals surface area contributed by atoms with Crippen LogP contribution in [0.1, 0.15) is 29.8 Å². The molecule has 148 valence electrons. The molecule has 0 saturated heterocycles. The predicted octanol–water partition coefficient (Wildman–Crippen LogP) is 2.92. The fraction of sp³-hybridized carbons (Fsp3) is 0.350. The summed E-state index contributed by atoms with van der Waals surface area (Å²) in [5.41, 5.74) is 1.75. The lowest BCUT2D eigenvalue weighted by atomic mass is 10.0. The molecular weight excluding hydrogens is 378 g/mol. The molecule has 7 nitrogen and oxygen atoms in total. The van der Waals surface area contributed by atoms with Gasteiger partial charge in [0.25, 0.3) is 5.91 Å². The molecule has 3 rings (SSSR count). The van der Waals surface area contributed by atoms with Crippen LogP contribution in [0.3, 0.4) is 0 Å². The minimum atomic E-state index is -0.273. The number of rotatable bonds is 6. The van der Waals surface area contributed by atoms with E-state index in [1.54, 1.807) is 32.6 Å². The maximum absolute atomic E-state index is 12.9. The summed E-state index contributed by atoms with van der Waals surface area (Å²) in [6, 6.07) is 9.28. The van der Waals surface area contributed by atoms with Gasteiger partial charge in [0.05, 0.1) is 30.9 Å². The number of benzene rings is 1. The molecule has 1 unspecified atom stereocenters. The maximum Gasteiger partial charge on any atom is 0.262 e. The molecule has 28 heavy (non-hydrogen) atoms. The molecule has 1 aromatic carbocycles. The zero-order valence-corrected chi connectivity index (χ0v) is 17.2. The molecule has 0 aliphatic carbocycles. The van der Waals surface area contributed by atoms with Crippen molar-refractivity contribution in [2.24, 2.45) is 5.10 Å². The highest BCUT2D eigenvalue weighted by atomic mass is 32.1. The van der Waals surface area contributed by atoms with E-state index in [9.17, 15) is 9.59 Å². The number of nitrogens with zero attached hydrogens (tertiary/aromatic N) is 3. The van der Waals surface area contributed by atoms with Crippen molar-refractivity contribution in [3.63, 3.8) is 0 Å². The Morgan fingerprint density at radius 3 is 2.61 bits per heavy atom. The summed E-state index contributed by atoms with van der Waals surface area (Å²) in [5.74, 6) is 0.817. The summed E-state index contributed by atoms with van der Waals surface area (Å²) in [6.45, 7) is 1.41. The molecule has 0 bridgehead atoms. The van der Waals surface area contributed by atoms with E-state index < -0.39 is 0 Å². The van der Waals surface area contributed by atoms with E-state index in [0.717, 1.165) is 16.2 Å². The van der Waals surface area contributed by atoms with Gasteiger partial charge in [0.1, 0.15) is 6.54 Å². The molecule has 8 heteroatoms. The Hall–Kier alpha value is -2.87. The van der Waals surface area contributed by atoms with Gasteiger partial charge in [0, 0.05) is 20.4 Å². The molecule has 1 aromatic heterocycles. The van der Waals surface area contributed by atoms with E-state index in [0.29, 0.717) is 17.9 Å². The highest BCUT2D eigenvalue weighted by Gasteiger charge is 2.34. The predicted molar refractivity (Wildman–Crippen MR) is 108 cm³/mol. The molecule has 1 aliphatic rings. The van der Waals surface area contributed by atoms with Crippen LogP contribution in [0.2, 0.25) is 0 Å². The Morgan fingerprint density at radius 2 is 2.00 bits per heavy atom. The molecule has 2 amide bonds. The highest BCUT2D eigenvalue weighted by Crippen LogP contribution is 2.37. The SMILES string of the molecule is COc1ccc(C2CC(c3cccs3)=NN2C(=O)CN(C)C(C)=O)cc1OC. The van der Waals surface area contributed by atoms with Crippen LogP contribution >= 0.6 is 11.3 Å². The first-order valence-electron chi connectivity index (χ1n) is 8.81. The fourth-order valence-corrected chi connectivity index (χ4v) is 3.76. The normalized spacial score (nSPS) is 15.9. The van der Waals surface area contributed by atoms with Crippen molar-refractivity contribution in [2.45, 2.75) is 19.4 Å². The van der Waals surface area contributed by atoms with Crippen molar-refractivity contribution in [3.05, 3.63) is 46.2 Å². The minimum Gasteiger partial charge on any atom is -0.493 e. The number of thiophene rings is 1. The number of methoxy groups -OCH3 is 2. The van der Waals surface area contributed by atoms with Gasteiger partial charge in [-0.25, -0.2) is 5.01 Å². The van der Waals surface area contributed by atoms with Gasteiger partial charge in [-0.1, -0.05) is 12.1 Å². The summed E-state index contributed by atoms with van der Waals surface area (Å²) >= 11 is 1.59. The molecular formula is C20H23N3O4S. The lowest BCUT2D eigenvalue weighted by molar-refractivity contribution is -0.139. The molecule has 0 fully saturated rings. The van der Waals surface area contributed by atoms with Gasteiger partial charge in [0.2, 0.25) is 5.91 Å². The third-order valence-electron chi connectivity index (χ3n) is 4.67. The lowest BCUT2D eigenvalue weighted by Crippen LogP contribution is -2.38. The van der Waals surface area contributed by atoms with Crippen molar-refractivity contribution in [2.75, 3.05) is 27.8 Å². The van der Waals surface area contributed by atoms with E-state index in [2.05, 4.69) is 5.10 Å². The average molecular weight is 401 g/mol. The van der Waals surface area contributed by atoms with Gasteiger partial charge >= 0.3 is 0 Å². The molecule has 1 aliphatic heterocycles. The molecule has 0 spiro atoms. The van der Waals surface area contributed by atoms with Crippen molar-refractivity contribution in [3.8, 4) is 11.5 Å². The number of hydrogen-bond acceptors (Lipinski definition) is 6. The highest BCUT2D eigenvalue weighted by molar-refractivity contribution is 7.12. The molecule has 2 aromatic rings. The van der Waals surface area contributed by atoms with Crippen LogP contribution < -0.4 is 9.47 Å². The fourth-order valence-electron chi connectivity index (χ4n) is 3.04. The van der Waals surface area contributed by atoms with Crippen LogP contribution in [0, 0.1) is 0 Å². The van der Waals surface area contributed by atoms with Gasteiger partial charge in [-0.05, 0) is 29.1 Å². The first-order chi connectivity index (χ1) is 13.4. The number of hydrogen-bond donors (Lipinski definition) is 0. The van der Waals surface area contributed by atoms with Crippen molar-refractivity contribution >= 4 is 28.9 Å². The molecule has 1 atom stereocenters. The van der Waals surface area contributed by atoms with Crippen LogP contribution in [0.25, 0.3) is 0 Å². The van der Waals surface area contributed by atoms with Gasteiger partial charge in [-0.15, -0.1) is 11.3 Å². The largest absolute Gasteiger partial charge is 0.493 e. The number of amides is 2. The summed E-state index contributed by atoms with van der Waals surface area (Å²) in [5, 5.41) is 8.06. The van der Waals surface area contributed by atoms with Crippen molar-refractivity contribution < 1.29 is 19.1 Å². The first-order valence-corrected chi connectivity index (χ1v) is 9.69. The monoisotopic (exact) mass is 401 g/mol. The van der Waals surface area contributed by atoms with Gasteiger partial charge in [-0.3, -0.25) is 9.59 Å². The molecule has 0 radical (unpaired) electrons. The quantitative estimate of drug-likeness (QED) is 0.746. The van der Waals surface area contributed by atoms with Gasteiger partial charge in [-0.2, -0.15) is 5.10 Å². The van der Waals surface area contributed by atoms with E-state index in [-0.39, 0.29) is 24.4 Å². The molecule has 0 N–H and O–H groups in total. The third kappa shape index (κ3) is 4.01. The Balaban J connectivity index is 1.94. The summed E-state index contributed by atoms with van der Waals surface area (Å²) in [6.07, 6.45) is 0.589. The average Bonchev–Trinajstić information content (AvgIpc) is 3.36. The second kappa shape index (κ2) is 8.43. The second-order valence-electron chi connectivity index (χ2n) is 6.47. The number of hydrazone groups is 1. The van der Waals surface area contributed by atoms with E-state index >= 15 is 0 Å². The molecule has 2 heterocycles. The van der Waals surface area contributed by atoms with E-state index in [1.807, 2.05) is 35.7 Å². The number of carbonyl (C=O) groups is 2. The standard InChI is InChI=1S/C20H23N3O4S/c1-13(24)22(2)12-20(25)23-16(11-15(21-23)19-6-5-9-28-19)14-7-8-17(26-3)18(10-14)27-4/h5-10,16H,11-12H2,1-4H3. The Morgan fingerprint density at radius 1 is 1.25 bits per heavy atom. The number of likely N-dealkylation sites (N-methyl/N-ethyl adjacent to an activating group) is 1. The summed E-state index contributed by atoms with van der Waals surface area (Å²) in [4.78, 5) is 26.9. The van der Waals surface area contributed by atoms with Crippen LogP contribution in [0.5, 0.6) is 11.5 Å². The van der Waals surface area contributed by atoms with Crippen molar-refractivity contribution in [1.29, 1.82) is 0 Å². The summed E-state index contributed by atoms with van der Waals surface area (Å²) < 4.78 is 10.7. The lowest BCUT2D eigenvalue weighted by Gasteiger charge is -2.25. The van der Waals surface area contributed by atoms with Crippen molar-refractivity contribution in [1.82, 2.24) is 9.91 Å². The first kappa shape index (κ1) is 19.9. The van der Waals surface area contributed by atoms with Crippen LogP contribution in [0.4, 0.5) is 0 Å².